The van der Waals surface area contributed by atoms with Crippen molar-refractivity contribution in [1.29, 1.82) is 0 Å². The predicted molar refractivity (Wildman–Crippen MR) is 86.9 cm³/mol. The third kappa shape index (κ3) is 4.70. The number of ether oxygens (including phenoxy) is 1. The number of benzene rings is 1. The molecule has 4 nitrogen and oxygen atoms in total. The van der Waals surface area contributed by atoms with Gasteiger partial charge in [0.25, 0.3) is 0 Å². The maximum atomic E-state index is 12.0. The van der Waals surface area contributed by atoms with Crippen molar-refractivity contribution in [1.82, 2.24) is 10.6 Å². The van der Waals surface area contributed by atoms with Crippen molar-refractivity contribution >= 4 is 23.3 Å². The van der Waals surface area contributed by atoms with Gasteiger partial charge in [-0.1, -0.05) is 49.6 Å². The van der Waals surface area contributed by atoms with E-state index in [1.807, 2.05) is 30.3 Å². The molecule has 114 valence electrons. The van der Waals surface area contributed by atoms with Crippen molar-refractivity contribution in [3.63, 3.8) is 0 Å². The molecule has 1 fully saturated rings. The number of methoxy groups -OCH3 is 1. The molecule has 1 unspecified atom stereocenters. The van der Waals surface area contributed by atoms with Crippen molar-refractivity contribution in [2.75, 3.05) is 7.11 Å². The molecule has 5 heteroatoms. The Morgan fingerprint density at radius 2 is 1.90 bits per heavy atom. The zero-order chi connectivity index (χ0) is 15.1. The van der Waals surface area contributed by atoms with E-state index in [1.165, 1.54) is 26.4 Å². The van der Waals surface area contributed by atoms with Gasteiger partial charge in [0.05, 0.1) is 7.11 Å². The van der Waals surface area contributed by atoms with Gasteiger partial charge in [0.15, 0.2) is 11.2 Å². The van der Waals surface area contributed by atoms with Gasteiger partial charge in [0.1, 0.15) is 0 Å². The van der Waals surface area contributed by atoms with Crippen LogP contribution in [-0.4, -0.2) is 24.2 Å². The molecular formula is C16H22N2O2S. The van der Waals surface area contributed by atoms with Crippen LogP contribution >= 0.6 is 12.2 Å². The number of esters is 1. The summed E-state index contributed by atoms with van der Waals surface area (Å²) in [7, 11) is 1.39. The van der Waals surface area contributed by atoms with Gasteiger partial charge in [-0.05, 0) is 30.6 Å². The zero-order valence-electron chi connectivity index (χ0n) is 12.3. The van der Waals surface area contributed by atoms with Crippen LogP contribution in [0.15, 0.2) is 30.3 Å². The molecule has 0 saturated heterocycles. The third-order valence-electron chi connectivity index (χ3n) is 3.79. The summed E-state index contributed by atoms with van der Waals surface area (Å²) in [6.07, 6.45) is 6.04. The molecule has 0 heterocycles. The molecule has 0 bridgehead atoms. The molecule has 1 saturated carbocycles. The van der Waals surface area contributed by atoms with Crippen LogP contribution in [-0.2, 0) is 9.53 Å². The van der Waals surface area contributed by atoms with Gasteiger partial charge in [0, 0.05) is 6.04 Å². The van der Waals surface area contributed by atoms with Gasteiger partial charge in [0.2, 0.25) is 0 Å². The molecule has 2 rings (SSSR count). The predicted octanol–water partition coefficient (Wildman–Crippen LogP) is 2.70. The Kier molecular flexibility index (Phi) is 5.99. The summed E-state index contributed by atoms with van der Waals surface area (Å²) in [5.41, 5.74) is 0.845. The summed E-state index contributed by atoms with van der Waals surface area (Å²) < 4.78 is 4.87. The van der Waals surface area contributed by atoms with Gasteiger partial charge >= 0.3 is 5.97 Å². The van der Waals surface area contributed by atoms with Crippen molar-refractivity contribution in [3.8, 4) is 0 Å². The van der Waals surface area contributed by atoms with Gasteiger partial charge in [-0.25, -0.2) is 4.79 Å². The van der Waals surface area contributed by atoms with Gasteiger partial charge in [-0.2, -0.15) is 0 Å². The lowest BCUT2D eigenvalue weighted by molar-refractivity contribution is -0.142. The smallest absolute Gasteiger partial charge is 0.333 e. The number of carbonyl (C=O) groups excluding carboxylic acids is 1. The highest BCUT2D eigenvalue weighted by molar-refractivity contribution is 7.80. The first-order chi connectivity index (χ1) is 10.2. The molecule has 0 spiro atoms. The minimum atomic E-state index is -0.570. The van der Waals surface area contributed by atoms with Crippen LogP contribution in [0.3, 0.4) is 0 Å². The topological polar surface area (TPSA) is 50.4 Å². The van der Waals surface area contributed by atoms with Crippen LogP contribution in [0.2, 0.25) is 0 Å². The SMILES string of the molecule is COC(=O)C(NC(=S)NC1CCCCC1)c1ccccc1. The molecule has 1 atom stereocenters. The fourth-order valence-corrected chi connectivity index (χ4v) is 2.93. The van der Waals surface area contributed by atoms with Crippen LogP contribution in [0.5, 0.6) is 0 Å². The number of hydrogen-bond acceptors (Lipinski definition) is 3. The summed E-state index contributed by atoms with van der Waals surface area (Å²) in [4.78, 5) is 12.0. The average molecular weight is 306 g/mol. The van der Waals surface area contributed by atoms with E-state index in [1.54, 1.807) is 0 Å². The average Bonchev–Trinajstić information content (AvgIpc) is 2.53. The Balaban J connectivity index is 1.98. The summed E-state index contributed by atoms with van der Waals surface area (Å²) in [6, 6.07) is 9.31. The Labute approximate surface area is 131 Å². The first-order valence-electron chi connectivity index (χ1n) is 7.40. The van der Waals surface area contributed by atoms with E-state index >= 15 is 0 Å². The van der Waals surface area contributed by atoms with E-state index in [9.17, 15) is 4.79 Å². The maximum absolute atomic E-state index is 12.0. The van der Waals surface area contributed by atoms with Crippen molar-refractivity contribution < 1.29 is 9.53 Å². The van der Waals surface area contributed by atoms with Crippen molar-refractivity contribution in [2.24, 2.45) is 0 Å². The van der Waals surface area contributed by atoms with Crippen LogP contribution in [0.4, 0.5) is 0 Å². The van der Waals surface area contributed by atoms with Crippen molar-refractivity contribution in [3.05, 3.63) is 35.9 Å². The number of carbonyl (C=O) groups is 1. The lowest BCUT2D eigenvalue weighted by Gasteiger charge is -2.26. The molecule has 2 N–H and O–H groups in total. The lowest BCUT2D eigenvalue weighted by atomic mass is 9.96. The molecule has 0 radical (unpaired) electrons. The molecule has 21 heavy (non-hydrogen) atoms. The Morgan fingerprint density at radius 3 is 2.52 bits per heavy atom. The molecule has 0 aromatic heterocycles. The quantitative estimate of drug-likeness (QED) is 0.662. The first kappa shape index (κ1) is 15.8. The summed E-state index contributed by atoms with van der Waals surface area (Å²) >= 11 is 5.35. The highest BCUT2D eigenvalue weighted by Gasteiger charge is 2.23. The van der Waals surface area contributed by atoms with E-state index in [-0.39, 0.29) is 5.97 Å². The standard InChI is InChI=1S/C16H22N2O2S/c1-20-15(19)14(12-8-4-2-5-9-12)18-16(21)17-13-10-6-3-7-11-13/h2,4-5,8-9,13-14H,3,6-7,10-11H2,1H3,(H2,17,18,21). The minimum absolute atomic E-state index is 0.339. The second-order valence-corrected chi connectivity index (χ2v) is 5.73. The molecule has 1 aromatic carbocycles. The maximum Gasteiger partial charge on any atom is 0.333 e. The van der Waals surface area contributed by atoms with E-state index in [2.05, 4.69) is 10.6 Å². The zero-order valence-corrected chi connectivity index (χ0v) is 13.1. The fraction of sp³-hybridized carbons (Fsp3) is 0.500. The Morgan fingerprint density at radius 1 is 1.24 bits per heavy atom. The number of rotatable bonds is 4. The Hall–Kier alpha value is -1.62. The summed E-state index contributed by atoms with van der Waals surface area (Å²) in [6.45, 7) is 0. The second kappa shape index (κ2) is 7.98. The lowest BCUT2D eigenvalue weighted by Crippen LogP contribution is -2.45. The molecule has 0 aliphatic heterocycles. The minimum Gasteiger partial charge on any atom is -0.467 e. The monoisotopic (exact) mass is 306 g/mol. The number of hydrogen-bond donors (Lipinski definition) is 2. The molecule has 0 amide bonds. The molecular weight excluding hydrogens is 284 g/mol. The van der Waals surface area contributed by atoms with E-state index in [4.69, 9.17) is 17.0 Å². The van der Waals surface area contributed by atoms with E-state index in [0.717, 1.165) is 18.4 Å². The highest BCUT2D eigenvalue weighted by atomic mass is 32.1. The van der Waals surface area contributed by atoms with Crippen LogP contribution in [0, 0.1) is 0 Å². The molecule has 1 aromatic rings. The highest BCUT2D eigenvalue weighted by Crippen LogP contribution is 2.18. The van der Waals surface area contributed by atoms with Crippen LogP contribution < -0.4 is 10.6 Å². The molecule has 1 aliphatic rings. The molecule has 1 aliphatic carbocycles. The van der Waals surface area contributed by atoms with Gasteiger partial charge in [-0.3, -0.25) is 0 Å². The fourth-order valence-electron chi connectivity index (χ4n) is 2.65. The van der Waals surface area contributed by atoms with E-state index in [0.29, 0.717) is 11.2 Å². The second-order valence-electron chi connectivity index (χ2n) is 5.32. The summed E-state index contributed by atoms with van der Waals surface area (Å²) in [5.74, 6) is -0.339. The number of thiocarbonyl (C=S) groups is 1. The third-order valence-corrected chi connectivity index (χ3v) is 4.02. The van der Waals surface area contributed by atoms with Gasteiger partial charge in [-0.15, -0.1) is 0 Å². The van der Waals surface area contributed by atoms with Gasteiger partial charge < -0.3 is 15.4 Å². The summed E-state index contributed by atoms with van der Waals surface area (Å²) in [5, 5.41) is 6.90. The van der Waals surface area contributed by atoms with Crippen LogP contribution in [0.1, 0.15) is 43.7 Å². The first-order valence-corrected chi connectivity index (χ1v) is 7.81. The van der Waals surface area contributed by atoms with Crippen LogP contribution in [0.25, 0.3) is 0 Å². The number of nitrogens with one attached hydrogen (secondary N) is 2. The largest absolute Gasteiger partial charge is 0.467 e. The van der Waals surface area contributed by atoms with E-state index < -0.39 is 6.04 Å². The van der Waals surface area contributed by atoms with Crippen molar-refractivity contribution in [2.45, 2.75) is 44.2 Å². The normalized spacial score (nSPS) is 16.8. The Bertz CT molecular complexity index is 472.